The van der Waals surface area contributed by atoms with Gasteiger partial charge in [0.05, 0.1) is 18.1 Å². The van der Waals surface area contributed by atoms with Crippen LogP contribution in [-0.4, -0.2) is 65.5 Å². The molecule has 0 aromatic carbocycles. The molecule has 8 heteroatoms. The van der Waals surface area contributed by atoms with Crippen molar-refractivity contribution in [2.75, 3.05) is 19.6 Å². The molecule has 2 rings (SSSR count). The summed E-state index contributed by atoms with van der Waals surface area (Å²) in [6, 6.07) is -1.24. The quantitative estimate of drug-likeness (QED) is 0.464. The summed E-state index contributed by atoms with van der Waals surface area (Å²) in [4.78, 5) is 37.3. The second-order valence-electron chi connectivity index (χ2n) is 6.05. The Morgan fingerprint density at radius 3 is 2.64 bits per heavy atom. The molecular weight excluding hydrogens is 288 g/mol. The molecule has 8 nitrogen and oxygen atoms in total. The minimum absolute atomic E-state index is 0.0368. The summed E-state index contributed by atoms with van der Waals surface area (Å²) in [6.07, 6.45) is 1.32. The minimum Gasteiger partial charge on any atom is -0.391 e. The van der Waals surface area contributed by atoms with E-state index in [-0.39, 0.29) is 23.8 Å². The molecule has 0 bridgehead atoms. The van der Waals surface area contributed by atoms with E-state index < -0.39 is 18.1 Å². The number of carbonyl (C=O) groups excluding carboxylic acids is 3. The van der Waals surface area contributed by atoms with E-state index in [4.69, 9.17) is 5.73 Å². The highest BCUT2D eigenvalue weighted by atomic mass is 16.3. The van der Waals surface area contributed by atoms with Crippen molar-refractivity contribution in [1.29, 1.82) is 0 Å². The molecule has 4 atom stereocenters. The van der Waals surface area contributed by atoms with Gasteiger partial charge in [0.15, 0.2) is 0 Å². The third-order valence-corrected chi connectivity index (χ3v) is 4.32. The molecule has 5 N–H and O–H groups in total. The van der Waals surface area contributed by atoms with Gasteiger partial charge in [-0.1, -0.05) is 0 Å². The van der Waals surface area contributed by atoms with Crippen molar-refractivity contribution in [1.82, 2.24) is 15.5 Å². The Hall–Kier alpha value is -1.67. The Labute approximate surface area is 129 Å². The van der Waals surface area contributed by atoms with Crippen LogP contribution in [-0.2, 0) is 14.4 Å². The van der Waals surface area contributed by atoms with Crippen LogP contribution in [0.25, 0.3) is 0 Å². The number of nitrogens with one attached hydrogen (secondary N) is 2. The number of primary amides is 1. The van der Waals surface area contributed by atoms with Crippen molar-refractivity contribution in [2.24, 2.45) is 11.7 Å². The Morgan fingerprint density at radius 1 is 1.36 bits per heavy atom. The average Bonchev–Trinajstić information content (AvgIpc) is 3.13. The van der Waals surface area contributed by atoms with Gasteiger partial charge in [0.25, 0.3) is 0 Å². The lowest BCUT2D eigenvalue weighted by Crippen LogP contribution is -2.52. The number of hydrogen-bond acceptors (Lipinski definition) is 5. The van der Waals surface area contributed by atoms with Gasteiger partial charge in [0, 0.05) is 13.1 Å². The van der Waals surface area contributed by atoms with Crippen molar-refractivity contribution in [3.63, 3.8) is 0 Å². The Kier molecular flexibility index (Phi) is 5.36. The van der Waals surface area contributed by atoms with E-state index in [1.807, 2.05) is 0 Å². The van der Waals surface area contributed by atoms with Crippen molar-refractivity contribution in [3.8, 4) is 0 Å². The highest BCUT2D eigenvalue weighted by Gasteiger charge is 2.36. The molecule has 0 aliphatic carbocycles. The number of aliphatic hydroxyl groups is 1. The fraction of sp³-hybridized carbons (Fsp3) is 0.786. The van der Waals surface area contributed by atoms with Gasteiger partial charge >= 0.3 is 0 Å². The average molecular weight is 312 g/mol. The van der Waals surface area contributed by atoms with Crippen LogP contribution in [0.15, 0.2) is 0 Å². The molecule has 0 spiro atoms. The fourth-order valence-electron chi connectivity index (χ4n) is 2.99. The number of likely N-dealkylation sites (tertiary alicyclic amines) is 1. The summed E-state index contributed by atoms with van der Waals surface area (Å²) in [5.74, 6) is -1.45. The van der Waals surface area contributed by atoms with Gasteiger partial charge in [-0.15, -0.1) is 0 Å². The Bertz CT molecular complexity index is 448. The van der Waals surface area contributed by atoms with Gasteiger partial charge in [-0.05, 0) is 32.7 Å². The normalized spacial score (nSPS) is 27.5. The lowest BCUT2D eigenvalue weighted by Gasteiger charge is -2.22. The third-order valence-electron chi connectivity index (χ3n) is 4.32. The highest BCUT2D eigenvalue weighted by Crippen LogP contribution is 2.19. The van der Waals surface area contributed by atoms with Crippen LogP contribution in [0.3, 0.4) is 0 Å². The lowest BCUT2D eigenvalue weighted by atomic mass is 10.1. The smallest absolute Gasteiger partial charge is 0.242 e. The molecule has 2 fully saturated rings. The molecule has 22 heavy (non-hydrogen) atoms. The summed E-state index contributed by atoms with van der Waals surface area (Å²) in [6.45, 7) is 3.12. The molecule has 2 aliphatic rings. The summed E-state index contributed by atoms with van der Waals surface area (Å²) >= 11 is 0. The zero-order valence-electron chi connectivity index (χ0n) is 12.7. The van der Waals surface area contributed by atoms with Crippen LogP contribution in [0.4, 0.5) is 0 Å². The fourth-order valence-corrected chi connectivity index (χ4v) is 2.99. The highest BCUT2D eigenvalue weighted by molar-refractivity contribution is 5.89. The molecule has 2 aliphatic heterocycles. The van der Waals surface area contributed by atoms with Crippen molar-refractivity contribution < 1.29 is 19.5 Å². The molecule has 2 heterocycles. The number of aliphatic hydroxyl groups excluding tert-OH is 1. The van der Waals surface area contributed by atoms with Crippen LogP contribution < -0.4 is 16.4 Å². The molecule has 124 valence electrons. The standard InChI is InChI=1S/C14H24N4O4/c1-8(19)11(12(15)20)17-13(21)9-4-6-18(7-9)14(22)10-3-2-5-16-10/h8-11,16,19H,2-7H2,1H3,(H2,15,20)(H,17,21)/t8-,9-,10+,11+/m1/s1. The number of nitrogens with two attached hydrogens (primary N) is 1. The molecular formula is C14H24N4O4. The zero-order valence-corrected chi connectivity index (χ0v) is 12.7. The molecule has 0 aromatic rings. The molecule has 0 unspecified atom stereocenters. The van der Waals surface area contributed by atoms with E-state index in [0.29, 0.717) is 19.5 Å². The second-order valence-corrected chi connectivity index (χ2v) is 6.05. The maximum atomic E-state index is 12.3. The summed E-state index contributed by atoms with van der Waals surface area (Å²) in [7, 11) is 0. The number of rotatable bonds is 5. The minimum atomic E-state index is -1.10. The van der Waals surface area contributed by atoms with Gasteiger partial charge in [-0.2, -0.15) is 0 Å². The first kappa shape index (κ1) is 16.7. The van der Waals surface area contributed by atoms with E-state index in [1.165, 1.54) is 6.92 Å². The first-order valence-electron chi connectivity index (χ1n) is 7.70. The first-order valence-corrected chi connectivity index (χ1v) is 7.70. The van der Waals surface area contributed by atoms with Gasteiger partial charge in [0.1, 0.15) is 6.04 Å². The SMILES string of the molecule is C[C@@H](O)[C@H](NC(=O)[C@@H]1CCN(C(=O)[C@@H]2CCCN2)C1)C(N)=O. The van der Waals surface area contributed by atoms with Crippen LogP contribution in [0, 0.1) is 5.92 Å². The predicted octanol–water partition coefficient (Wildman–Crippen LogP) is -2.06. The van der Waals surface area contributed by atoms with E-state index in [0.717, 1.165) is 19.4 Å². The lowest BCUT2D eigenvalue weighted by molar-refractivity contribution is -0.134. The summed E-state index contributed by atoms with van der Waals surface area (Å²) in [5, 5.41) is 15.1. The maximum absolute atomic E-state index is 12.3. The summed E-state index contributed by atoms with van der Waals surface area (Å²) < 4.78 is 0. The van der Waals surface area contributed by atoms with Crippen molar-refractivity contribution >= 4 is 17.7 Å². The topological polar surface area (TPSA) is 125 Å². The second kappa shape index (κ2) is 7.06. The number of amides is 3. The number of hydrogen-bond donors (Lipinski definition) is 4. The Balaban J connectivity index is 1.87. The van der Waals surface area contributed by atoms with Crippen LogP contribution >= 0.6 is 0 Å². The third kappa shape index (κ3) is 3.75. The van der Waals surface area contributed by atoms with Crippen LogP contribution in [0.1, 0.15) is 26.2 Å². The van der Waals surface area contributed by atoms with E-state index in [1.54, 1.807) is 4.90 Å². The van der Waals surface area contributed by atoms with E-state index >= 15 is 0 Å². The maximum Gasteiger partial charge on any atom is 0.242 e. The van der Waals surface area contributed by atoms with Gasteiger partial charge < -0.3 is 26.4 Å². The van der Waals surface area contributed by atoms with E-state index in [9.17, 15) is 19.5 Å². The van der Waals surface area contributed by atoms with Crippen LogP contribution in [0.2, 0.25) is 0 Å². The van der Waals surface area contributed by atoms with Crippen molar-refractivity contribution in [2.45, 2.75) is 44.4 Å². The molecule has 2 saturated heterocycles. The largest absolute Gasteiger partial charge is 0.391 e. The molecule has 0 saturated carbocycles. The van der Waals surface area contributed by atoms with Crippen molar-refractivity contribution in [3.05, 3.63) is 0 Å². The van der Waals surface area contributed by atoms with Gasteiger partial charge in [-0.25, -0.2) is 0 Å². The van der Waals surface area contributed by atoms with E-state index in [2.05, 4.69) is 10.6 Å². The number of carbonyl (C=O) groups is 3. The Morgan fingerprint density at radius 2 is 2.09 bits per heavy atom. The van der Waals surface area contributed by atoms with Crippen LogP contribution in [0.5, 0.6) is 0 Å². The molecule has 3 amide bonds. The zero-order chi connectivity index (χ0) is 16.3. The monoisotopic (exact) mass is 312 g/mol. The predicted molar refractivity (Wildman–Crippen MR) is 78.5 cm³/mol. The van der Waals surface area contributed by atoms with Gasteiger partial charge in [0.2, 0.25) is 17.7 Å². The molecule has 0 aromatic heterocycles. The first-order chi connectivity index (χ1) is 10.4. The number of nitrogens with zero attached hydrogens (tertiary/aromatic N) is 1. The molecule has 0 radical (unpaired) electrons. The van der Waals surface area contributed by atoms with Gasteiger partial charge in [-0.3, -0.25) is 14.4 Å². The summed E-state index contributed by atoms with van der Waals surface area (Å²) in [5.41, 5.74) is 5.16.